The summed E-state index contributed by atoms with van der Waals surface area (Å²) in [7, 11) is 0. The van der Waals surface area contributed by atoms with Crippen LogP contribution in [-0.2, 0) is 0 Å². The Labute approximate surface area is 82.4 Å². The second kappa shape index (κ2) is 5.14. The van der Waals surface area contributed by atoms with Gasteiger partial charge in [-0.05, 0) is 12.5 Å². The van der Waals surface area contributed by atoms with Gasteiger partial charge in [0.25, 0.3) is 6.43 Å². The molecular weight excluding hydrogens is 196 g/mol. The third-order valence-corrected chi connectivity index (χ3v) is 1.70. The van der Waals surface area contributed by atoms with Gasteiger partial charge in [0.2, 0.25) is 0 Å². The molecule has 0 saturated heterocycles. The summed E-state index contributed by atoms with van der Waals surface area (Å²) in [5.74, 6) is 0. The van der Waals surface area contributed by atoms with E-state index in [1.807, 2.05) is 13.0 Å². The number of benzene rings is 1. The maximum absolute atomic E-state index is 12.1. The Balaban J connectivity index is 0.00000144. The molecule has 13 heavy (non-hydrogen) atoms. The van der Waals surface area contributed by atoms with Crippen molar-refractivity contribution < 1.29 is 8.78 Å². The highest BCUT2D eigenvalue weighted by Crippen LogP contribution is 2.18. The maximum atomic E-state index is 12.1. The van der Waals surface area contributed by atoms with Crippen molar-refractivity contribution in [2.45, 2.75) is 19.4 Å². The van der Waals surface area contributed by atoms with Crippen molar-refractivity contribution in [2.24, 2.45) is 5.73 Å². The van der Waals surface area contributed by atoms with Crippen molar-refractivity contribution in [2.75, 3.05) is 0 Å². The average Bonchev–Trinajstić information content (AvgIpc) is 2.03. The molecule has 0 aromatic heterocycles. The second-order valence-corrected chi connectivity index (χ2v) is 2.77. The smallest absolute Gasteiger partial charge is 0.257 e. The monoisotopic (exact) mass is 207 g/mol. The topological polar surface area (TPSA) is 26.0 Å². The van der Waals surface area contributed by atoms with E-state index < -0.39 is 12.5 Å². The third kappa shape index (κ3) is 3.28. The van der Waals surface area contributed by atoms with Crippen molar-refractivity contribution in [1.82, 2.24) is 0 Å². The lowest BCUT2D eigenvalue weighted by molar-refractivity contribution is 0.116. The molecule has 1 atom stereocenters. The number of rotatable bonds is 2. The standard InChI is InChI=1S/C9H11F2N.ClH/c1-6-3-2-4-7(5-6)8(12)9(10)11;/h2-5,8-9H,12H2,1H3;1H/t8-;/m0./s1. The van der Waals surface area contributed by atoms with Crippen LogP contribution in [0.15, 0.2) is 24.3 Å². The second-order valence-electron chi connectivity index (χ2n) is 2.77. The van der Waals surface area contributed by atoms with Gasteiger partial charge >= 0.3 is 0 Å². The van der Waals surface area contributed by atoms with Crippen LogP contribution in [0.2, 0.25) is 0 Å². The zero-order valence-electron chi connectivity index (χ0n) is 7.21. The van der Waals surface area contributed by atoms with Gasteiger partial charge in [-0.25, -0.2) is 8.78 Å². The van der Waals surface area contributed by atoms with Crippen LogP contribution in [0, 0.1) is 6.92 Å². The first-order valence-corrected chi connectivity index (χ1v) is 3.71. The molecule has 0 amide bonds. The Kier molecular flexibility index (Phi) is 4.88. The molecule has 2 N–H and O–H groups in total. The molecule has 0 aliphatic carbocycles. The normalized spacial score (nSPS) is 12.4. The lowest BCUT2D eigenvalue weighted by Gasteiger charge is -2.10. The van der Waals surface area contributed by atoms with Crippen LogP contribution >= 0.6 is 12.4 Å². The van der Waals surface area contributed by atoms with Gasteiger partial charge in [-0.15, -0.1) is 12.4 Å². The van der Waals surface area contributed by atoms with E-state index in [1.54, 1.807) is 18.2 Å². The Bertz CT molecular complexity index is 266. The largest absolute Gasteiger partial charge is 0.319 e. The van der Waals surface area contributed by atoms with Crippen LogP contribution in [0.5, 0.6) is 0 Å². The Morgan fingerprint density at radius 3 is 2.38 bits per heavy atom. The van der Waals surface area contributed by atoms with Gasteiger partial charge in [-0.3, -0.25) is 0 Å². The van der Waals surface area contributed by atoms with Crippen LogP contribution in [0.4, 0.5) is 8.78 Å². The van der Waals surface area contributed by atoms with E-state index in [9.17, 15) is 8.78 Å². The summed E-state index contributed by atoms with van der Waals surface area (Å²) in [6.45, 7) is 1.85. The average molecular weight is 208 g/mol. The molecule has 0 aliphatic rings. The van der Waals surface area contributed by atoms with Gasteiger partial charge in [-0.2, -0.15) is 0 Å². The Morgan fingerprint density at radius 2 is 1.92 bits per heavy atom. The summed E-state index contributed by atoms with van der Waals surface area (Å²) in [5.41, 5.74) is 6.70. The highest BCUT2D eigenvalue weighted by Gasteiger charge is 2.16. The molecule has 0 unspecified atom stereocenters. The maximum Gasteiger partial charge on any atom is 0.257 e. The van der Waals surface area contributed by atoms with Crippen molar-refractivity contribution in [1.29, 1.82) is 0 Å². The van der Waals surface area contributed by atoms with Gasteiger partial charge in [0.05, 0.1) is 6.04 Å². The molecule has 0 radical (unpaired) electrons. The van der Waals surface area contributed by atoms with Crippen molar-refractivity contribution in [3.05, 3.63) is 35.4 Å². The lowest BCUT2D eigenvalue weighted by Crippen LogP contribution is -2.18. The Morgan fingerprint density at radius 1 is 1.31 bits per heavy atom. The predicted octanol–water partition coefficient (Wildman–Crippen LogP) is 2.68. The summed E-state index contributed by atoms with van der Waals surface area (Å²) in [4.78, 5) is 0. The summed E-state index contributed by atoms with van der Waals surface area (Å²) in [6, 6.07) is 5.71. The quantitative estimate of drug-likeness (QED) is 0.793. The van der Waals surface area contributed by atoms with E-state index in [0.717, 1.165) is 5.56 Å². The summed E-state index contributed by atoms with van der Waals surface area (Å²) in [6.07, 6.45) is -2.49. The van der Waals surface area contributed by atoms with E-state index in [1.165, 1.54) is 0 Å². The van der Waals surface area contributed by atoms with Crippen LogP contribution in [0.25, 0.3) is 0 Å². The third-order valence-electron chi connectivity index (χ3n) is 1.70. The number of hydrogen-bond donors (Lipinski definition) is 1. The van der Waals surface area contributed by atoms with Gasteiger partial charge in [0.1, 0.15) is 0 Å². The number of hydrogen-bond acceptors (Lipinski definition) is 1. The molecular formula is C9H12ClF2N. The van der Waals surface area contributed by atoms with Gasteiger partial charge in [-0.1, -0.05) is 29.8 Å². The highest BCUT2D eigenvalue weighted by atomic mass is 35.5. The van der Waals surface area contributed by atoms with Crippen LogP contribution in [0.3, 0.4) is 0 Å². The fraction of sp³-hybridized carbons (Fsp3) is 0.333. The molecule has 0 fully saturated rings. The number of alkyl halides is 2. The Hall–Kier alpha value is -0.670. The van der Waals surface area contributed by atoms with Crippen LogP contribution < -0.4 is 5.73 Å². The first-order chi connectivity index (χ1) is 5.61. The summed E-state index contributed by atoms with van der Waals surface area (Å²) >= 11 is 0. The molecule has 0 aliphatic heterocycles. The molecule has 1 nitrogen and oxygen atoms in total. The van der Waals surface area contributed by atoms with E-state index in [4.69, 9.17) is 5.73 Å². The van der Waals surface area contributed by atoms with Crippen LogP contribution in [0.1, 0.15) is 17.2 Å². The molecule has 4 heteroatoms. The van der Waals surface area contributed by atoms with Gasteiger partial charge in [0, 0.05) is 0 Å². The SMILES string of the molecule is Cc1cccc([C@H](N)C(F)F)c1.Cl. The molecule has 0 saturated carbocycles. The number of nitrogens with two attached hydrogens (primary N) is 1. The summed E-state index contributed by atoms with van der Waals surface area (Å²) in [5, 5.41) is 0. The van der Waals surface area contributed by atoms with E-state index in [2.05, 4.69) is 0 Å². The van der Waals surface area contributed by atoms with E-state index in [-0.39, 0.29) is 12.4 Å². The molecule has 0 spiro atoms. The first-order valence-electron chi connectivity index (χ1n) is 3.71. The first kappa shape index (κ1) is 12.3. The van der Waals surface area contributed by atoms with Crippen molar-refractivity contribution >= 4 is 12.4 Å². The van der Waals surface area contributed by atoms with E-state index in [0.29, 0.717) is 5.56 Å². The molecule has 1 rings (SSSR count). The zero-order valence-corrected chi connectivity index (χ0v) is 8.02. The molecule has 1 aromatic rings. The minimum atomic E-state index is -2.49. The number of halogens is 3. The minimum absolute atomic E-state index is 0. The van der Waals surface area contributed by atoms with Crippen LogP contribution in [-0.4, -0.2) is 6.43 Å². The number of aryl methyl sites for hydroxylation is 1. The van der Waals surface area contributed by atoms with Crippen molar-refractivity contribution in [3.63, 3.8) is 0 Å². The molecule has 1 aromatic carbocycles. The minimum Gasteiger partial charge on any atom is -0.319 e. The fourth-order valence-corrected chi connectivity index (χ4v) is 1.02. The molecule has 0 bridgehead atoms. The summed E-state index contributed by atoms with van der Waals surface area (Å²) < 4.78 is 24.2. The predicted molar refractivity (Wildman–Crippen MR) is 51.4 cm³/mol. The zero-order chi connectivity index (χ0) is 9.14. The van der Waals surface area contributed by atoms with Crippen molar-refractivity contribution in [3.8, 4) is 0 Å². The molecule has 74 valence electrons. The van der Waals surface area contributed by atoms with Gasteiger partial charge in [0.15, 0.2) is 0 Å². The lowest BCUT2D eigenvalue weighted by atomic mass is 10.1. The highest BCUT2D eigenvalue weighted by molar-refractivity contribution is 5.85. The molecule has 0 heterocycles. The fourth-order valence-electron chi connectivity index (χ4n) is 1.02. The van der Waals surface area contributed by atoms with Gasteiger partial charge < -0.3 is 5.73 Å². The van der Waals surface area contributed by atoms with E-state index >= 15 is 0 Å².